The summed E-state index contributed by atoms with van der Waals surface area (Å²) in [4.78, 5) is 30.7. The van der Waals surface area contributed by atoms with Crippen molar-refractivity contribution in [2.24, 2.45) is 0 Å². The summed E-state index contributed by atoms with van der Waals surface area (Å²) in [6.07, 6.45) is 3.57. The van der Waals surface area contributed by atoms with E-state index in [4.69, 9.17) is 0 Å². The number of fused-ring (bicyclic) bond motifs is 1. The van der Waals surface area contributed by atoms with Crippen molar-refractivity contribution < 1.29 is 0 Å². The molecule has 1 saturated heterocycles. The van der Waals surface area contributed by atoms with Gasteiger partial charge in [0.2, 0.25) is 0 Å². The molecular weight excluding hydrogens is 290 g/mol. The standard InChI is InChI=1S/C17H17N5O/c1-11-9-15(19-10-18-11)22-8-4-7-14(22)16-20-13-6-3-2-5-12(13)17(23)21-16/h2-3,5-6,9-10,14H,4,7-8H2,1H3,(H,20,21,23). The predicted octanol–water partition coefficient (Wildman–Crippen LogP) is 2.36. The van der Waals surface area contributed by atoms with Crippen LogP contribution < -0.4 is 10.5 Å². The average molecular weight is 307 g/mol. The molecular formula is C17H17N5O. The highest BCUT2D eigenvalue weighted by molar-refractivity contribution is 5.77. The number of hydrogen-bond acceptors (Lipinski definition) is 5. The SMILES string of the molecule is Cc1cc(N2CCCC2c2nc3ccccc3c(=O)[nH]2)ncn1. The number of para-hydroxylation sites is 1. The average Bonchev–Trinajstić information content (AvgIpc) is 3.04. The lowest BCUT2D eigenvalue weighted by atomic mass is 10.2. The van der Waals surface area contributed by atoms with Gasteiger partial charge in [0.05, 0.1) is 16.9 Å². The number of hydrogen-bond donors (Lipinski definition) is 1. The van der Waals surface area contributed by atoms with Crippen LogP contribution in [0.25, 0.3) is 10.9 Å². The Morgan fingerprint density at radius 1 is 1.26 bits per heavy atom. The summed E-state index contributed by atoms with van der Waals surface area (Å²) >= 11 is 0. The maximum Gasteiger partial charge on any atom is 0.258 e. The van der Waals surface area contributed by atoms with Crippen LogP contribution in [-0.2, 0) is 0 Å². The summed E-state index contributed by atoms with van der Waals surface area (Å²) in [6, 6.07) is 9.44. The van der Waals surface area contributed by atoms with Crippen LogP contribution in [0.2, 0.25) is 0 Å². The van der Waals surface area contributed by atoms with Crippen molar-refractivity contribution in [1.29, 1.82) is 0 Å². The third-order valence-corrected chi connectivity index (χ3v) is 4.28. The van der Waals surface area contributed by atoms with Gasteiger partial charge >= 0.3 is 0 Å². The minimum atomic E-state index is -0.0867. The van der Waals surface area contributed by atoms with Crippen LogP contribution in [0.15, 0.2) is 41.5 Å². The molecule has 1 N–H and O–H groups in total. The fraction of sp³-hybridized carbons (Fsp3) is 0.294. The fourth-order valence-corrected chi connectivity index (χ4v) is 3.19. The molecule has 0 spiro atoms. The Labute approximate surface area is 133 Å². The summed E-state index contributed by atoms with van der Waals surface area (Å²) in [5.41, 5.74) is 1.58. The van der Waals surface area contributed by atoms with E-state index in [1.165, 1.54) is 0 Å². The maximum atomic E-state index is 12.3. The van der Waals surface area contributed by atoms with Gasteiger partial charge in [0.25, 0.3) is 5.56 Å². The molecule has 1 atom stereocenters. The van der Waals surface area contributed by atoms with Crippen LogP contribution in [0.1, 0.15) is 30.4 Å². The van der Waals surface area contributed by atoms with Gasteiger partial charge in [-0.3, -0.25) is 4.79 Å². The van der Waals surface area contributed by atoms with E-state index in [1.54, 1.807) is 12.4 Å². The second-order valence-electron chi connectivity index (χ2n) is 5.84. The van der Waals surface area contributed by atoms with Crippen LogP contribution >= 0.6 is 0 Å². The molecule has 6 nitrogen and oxygen atoms in total. The number of aromatic nitrogens is 4. The zero-order valence-corrected chi connectivity index (χ0v) is 12.9. The highest BCUT2D eigenvalue weighted by Gasteiger charge is 2.29. The molecule has 1 aromatic carbocycles. The summed E-state index contributed by atoms with van der Waals surface area (Å²) < 4.78 is 0. The van der Waals surface area contributed by atoms with Crippen molar-refractivity contribution in [3.63, 3.8) is 0 Å². The molecule has 0 radical (unpaired) electrons. The second-order valence-corrected chi connectivity index (χ2v) is 5.84. The monoisotopic (exact) mass is 307 g/mol. The molecule has 1 aliphatic rings. The number of H-pyrrole nitrogens is 1. The minimum absolute atomic E-state index is 0.0432. The van der Waals surface area contributed by atoms with Gasteiger partial charge in [-0.05, 0) is 31.9 Å². The quantitative estimate of drug-likeness (QED) is 0.786. The maximum absolute atomic E-state index is 12.3. The largest absolute Gasteiger partial charge is 0.346 e. The van der Waals surface area contributed by atoms with Gasteiger partial charge < -0.3 is 9.88 Å². The number of aromatic amines is 1. The van der Waals surface area contributed by atoms with Gasteiger partial charge in [-0.2, -0.15) is 0 Å². The molecule has 0 bridgehead atoms. The van der Waals surface area contributed by atoms with E-state index in [0.717, 1.165) is 36.4 Å². The van der Waals surface area contributed by atoms with Gasteiger partial charge in [-0.25, -0.2) is 15.0 Å². The van der Waals surface area contributed by atoms with Gasteiger partial charge in [-0.15, -0.1) is 0 Å². The third kappa shape index (κ3) is 2.46. The van der Waals surface area contributed by atoms with E-state index >= 15 is 0 Å². The molecule has 6 heteroatoms. The van der Waals surface area contributed by atoms with Gasteiger partial charge in [-0.1, -0.05) is 12.1 Å². The molecule has 116 valence electrons. The number of aryl methyl sites for hydroxylation is 1. The number of anilines is 1. The van der Waals surface area contributed by atoms with Crippen LogP contribution in [0.4, 0.5) is 5.82 Å². The highest BCUT2D eigenvalue weighted by Crippen LogP contribution is 2.33. The Bertz CT molecular complexity index is 920. The summed E-state index contributed by atoms with van der Waals surface area (Å²) in [5.74, 6) is 1.60. The molecule has 23 heavy (non-hydrogen) atoms. The molecule has 3 aromatic rings. The molecule has 1 unspecified atom stereocenters. The molecule has 3 heterocycles. The normalized spacial score (nSPS) is 17.8. The second kappa shape index (κ2) is 5.46. The van der Waals surface area contributed by atoms with Gasteiger partial charge in [0.15, 0.2) is 0 Å². The summed E-state index contributed by atoms with van der Waals surface area (Å²) in [7, 11) is 0. The predicted molar refractivity (Wildman–Crippen MR) is 88.5 cm³/mol. The first kappa shape index (κ1) is 13.9. The van der Waals surface area contributed by atoms with Crippen molar-refractivity contribution in [3.05, 3.63) is 58.5 Å². The Morgan fingerprint density at radius 3 is 3.00 bits per heavy atom. The lowest BCUT2D eigenvalue weighted by Crippen LogP contribution is -2.27. The van der Waals surface area contributed by atoms with Gasteiger partial charge in [0.1, 0.15) is 18.0 Å². The van der Waals surface area contributed by atoms with Crippen LogP contribution in [0.5, 0.6) is 0 Å². The first-order valence-electron chi connectivity index (χ1n) is 7.76. The summed E-state index contributed by atoms with van der Waals surface area (Å²) in [5, 5.41) is 0.624. The smallest absolute Gasteiger partial charge is 0.258 e. The lowest BCUT2D eigenvalue weighted by Gasteiger charge is -2.25. The molecule has 1 fully saturated rings. The highest BCUT2D eigenvalue weighted by atomic mass is 16.1. The zero-order valence-electron chi connectivity index (χ0n) is 12.9. The van der Waals surface area contributed by atoms with E-state index in [9.17, 15) is 4.79 Å². The number of benzene rings is 1. The fourth-order valence-electron chi connectivity index (χ4n) is 3.19. The number of rotatable bonds is 2. The van der Waals surface area contributed by atoms with Crippen molar-refractivity contribution >= 4 is 16.7 Å². The molecule has 4 rings (SSSR count). The first-order valence-corrected chi connectivity index (χ1v) is 7.76. The molecule has 0 aliphatic carbocycles. The van der Waals surface area contributed by atoms with Crippen LogP contribution in [0.3, 0.4) is 0 Å². The molecule has 1 aliphatic heterocycles. The van der Waals surface area contributed by atoms with Crippen molar-refractivity contribution in [1.82, 2.24) is 19.9 Å². The summed E-state index contributed by atoms with van der Waals surface area (Å²) in [6.45, 7) is 2.85. The van der Waals surface area contributed by atoms with E-state index < -0.39 is 0 Å². The van der Waals surface area contributed by atoms with E-state index in [2.05, 4.69) is 24.8 Å². The zero-order chi connectivity index (χ0) is 15.8. The Hall–Kier alpha value is -2.76. The lowest BCUT2D eigenvalue weighted by molar-refractivity contribution is 0.660. The first-order chi connectivity index (χ1) is 11.2. The molecule has 0 saturated carbocycles. The minimum Gasteiger partial charge on any atom is -0.346 e. The Morgan fingerprint density at radius 2 is 2.13 bits per heavy atom. The third-order valence-electron chi connectivity index (χ3n) is 4.28. The number of nitrogens with zero attached hydrogens (tertiary/aromatic N) is 4. The molecule has 2 aromatic heterocycles. The molecule has 0 amide bonds. The van der Waals surface area contributed by atoms with Crippen LogP contribution in [0, 0.1) is 6.92 Å². The van der Waals surface area contributed by atoms with Crippen molar-refractivity contribution in [2.45, 2.75) is 25.8 Å². The Kier molecular flexibility index (Phi) is 3.29. The van der Waals surface area contributed by atoms with Gasteiger partial charge in [0, 0.05) is 18.3 Å². The number of nitrogens with one attached hydrogen (secondary N) is 1. The topological polar surface area (TPSA) is 74.8 Å². The van der Waals surface area contributed by atoms with E-state index in [0.29, 0.717) is 11.2 Å². The van der Waals surface area contributed by atoms with Crippen LogP contribution in [-0.4, -0.2) is 26.5 Å². The van der Waals surface area contributed by atoms with Crippen molar-refractivity contribution in [2.75, 3.05) is 11.4 Å². The van der Waals surface area contributed by atoms with E-state index in [1.807, 2.05) is 31.2 Å². The van der Waals surface area contributed by atoms with E-state index in [-0.39, 0.29) is 11.6 Å². The Balaban J connectivity index is 1.78. The van der Waals surface area contributed by atoms with Crippen molar-refractivity contribution in [3.8, 4) is 0 Å².